The van der Waals surface area contributed by atoms with Gasteiger partial charge < -0.3 is 9.64 Å². The summed E-state index contributed by atoms with van der Waals surface area (Å²) in [7, 11) is 0. The van der Waals surface area contributed by atoms with E-state index in [-0.39, 0.29) is 0 Å². The Morgan fingerprint density at radius 2 is 2.21 bits per heavy atom. The van der Waals surface area contributed by atoms with Crippen LogP contribution in [0.2, 0.25) is 0 Å². The van der Waals surface area contributed by atoms with Gasteiger partial charge in [0.1, 0.15) is 6.33 Å². The summed E-state index contributed by atoms with van der Waals surface area (Å²) >= 11 is 5.63. The molecule has 0 atom stereocenters. The van der Waals surface area contributed by atoms with E-state index in [0.29, 0.717) is 18.6 Å². The Morgan fingerprint density at radius 1 is 1.37 bits per heavy atom. The molecule has 1 aliphatic heterocycles. The fourth-order valence-electron chi connectivity index (χ4n) is 2.41. The Labute approximate surface area is 116 Å². The normalized spacial score (nSPS) is 17.2. The summed E-state index contributed by atoms with van der Waals surface area (Å²) in [5.41, 5.74) is 0.808. The summed E-state index contributed by atoms with van der Waals surface area (Å²) in [5, 5.41) is 8.04. The van der Waals surface area contributed by atoms with Gasteiger partial charge in [-0.15, -0.1) is 21.8 Å². The van der Waals surface area contributed by atoms with Crippen LogP contribution in [0.15, 0.2) is 18.7 Å². The molecule has 3 rings (SSSR count). The Bertz CT molecular complexity index is 538. The Kier molecular flexibility index (Phi) is 3.79. The molecule has 0 aliphatic carbocycles. The van der Waals surface area contributed by atoms with E-state index in [1.54, 1.807) is 12.5 Å². The van der Waals surface area contributed by atoms with Crippen LogP contribution in [-0.4, -0.2) is 51.3 Å². The summed E-state index contributed by atoms with van der Waals surface area (Å²) < 4.78 is 7.56. The predicted octanol–water partition coefficient (Wildman–Crippen LogP) is 1.35. The van der Waals surface area contributed by atoms with E-state index >= 15 is 0 Å². The minimum absolute atomic E-state index is 0.313. The number of nitrogens with zero attached hydrogens (tertiary/aromatic N) is 5. The standard InChI is InChI=1S/C12H16ClN5O/c13-3-8-19-10-1-5-17(6-2-10)11-12-16-15-9-18(12)7-4-14-11/h4,7,9-10H,1-3,5-6,8H2. The van der Waals surface area contributed by atoms with E-state index in [4.69, 9.17) is 16.3 Å². The molecule has 0 saturated carbocycles. The largest absolute Gasteiger partial charge is 0.377 e. The lowest BCUT2D eigenvalue weighted by molar-refractivity contribution is 0.0471. The first-order chi connectivity index (χ1) is 9.38. The van der Waals surface area contributed by atoms with Gasteiger partial charge in [-0.1, -0.05) is 0 Å². The van der Waals surface area contributed by atoms with Gasteiger partial charge in [0.2, 0.25) is 5.65 Å². The fraction of sp³-hybridized carbons (Fsp3) is 0.583. The van der Waals surface area contributed by atoms with Crippen molar-refractivity contribution in [2.75, 3.05) is 30.5 Å². The van der Waals surface area contributed by atoms with Gasteiger partial charge in [0.15, 0.2) is 5.82 Å². The van der Waals surface area contributed by atoms with Crippen molar-refractivity contribution in [2.45, 2.75) is 18.9 Å². The Hall–Kier alpha value is -1.40. The van der Waals surface area contributed by atoms with Crippen molar-refractivity contribution >= 4 is 23.1 Å². The van der Waals surface area contributed by atoms with Crippen molar-refractivity contribution < 1.29 is 4.74 Å². The SMILES string of the molecule is ClCCOC1CCN(c2nccn3cnnc23)CC1. The third-order valence-electron chi connectivity index (χ3n) is 3.37. The molecule has 6 nitrogen and oxygen atoms in total. The van der Waals surface area contributed by atoms with E-state index in [1.807, 2.05) is 10.6 Å². The topological polar surface area (TPSA) is 55.5 Å². The number of alkyl halides is 1. The van der Waals surface area contributed by atoms with Crippen molar-refractivity contribution in [1.29, 1.82) is 0 Å². The highest BCUT2D eigenvalue weighted by Crippen LogP contribution is 2.22. The molecule has 1 fully saturated rings. The third-order valence-corrected chi connectivity index (χ3v) is 3.52. The molecule has 3 heterocycles. The van der Waals surface area contributed by atoms with E-state index < -0.39 is 0 Å². The van der Waals surface area contributed by atoms with Gasteiger partial charge in [0.25, 0.3) is 0 Å². The average molecular weight is 282 g/mol. The van der Waals surface area contributed by atoms with Gasteiger partial charge in [-0.05, 0) is 12.8 Å². The number of rotatable bonds is 4. The Morgan fingerprint density at radius 3 is 3.00 bits per heavy atom. The zero-order chi connectivity index (χ0) is 13.1. The molecule has 0 N–H and O–H groups in total. The van der Waals surface area contributed by atoms with Gasteiger partial charge in [0, 0.05) is 31.4 Å². The van der Waals surface area contributed by atoms with Crippen LogP contribution in [0.25, 0.3) is 5.65 Å². The second-order valence-electron chi connectivity index (χ2n) is 4.56. The maximum absolute atomic E-state index is 5.68. The molecular weight excluding hydrogens is 266 g/mol. The smallest absolute Gasteiger partial charge is 0.203 e. The van der Waals surface area contributed by atoms with E-state index in [0.717, 1.165) is 37.4 Å². The first-order valence-electron chi connectivity index (χ1n) is 6.45. The van der Waals surface area contributed by atoms with Gasteiger partial charge >= 0.3 is 0 Å². The fourth-order valence-corrected chi connectivity index (χ4v) is 2.50. The lowest BCUT2D eigenvalue weighted by Gasteiger charge is -2.32. The second kappa shape index (κ2) is 5.71. The van der Waals surface area contributed by atoms with Crippen LogP contribution in [-0.2, 0) is 4.74 Å². The van der Waals surface area contributed by atoms with Crippen LogP contribution in [0, 0.1) is 0 Å². The molecule has 0 spiro atoms. The monoisotopic (exact) mass is 281 g/mol. The molecule has 1 aliphatic rings. The molecule has 1 saturated heterocycles. The quantitative estimate of drug-likeness (QED) is 0.792. The number of hydrogen-bond acceptors (Lipinski definition) is 5. The number of aromatic nitrogens is 4. The highest BCUT2D eigenvalue weighted by atomic mass is 35.5. The number of piperidine rings is 1. The van der Waals surface area contributed by atoms with Crippen LogP contribution in [0.5, 0.6) is 0 Å². The number of halogens is 1. The molecule has 19 heavy (non-hydrogen) atoms. The molecular formula is C12H16ClN5O. The minimum Gasteiger partial charge on any atom is -0.377 e. The molecule has 0 unspecified atom stereocenters. The molecule has 0 radical (unpaired) electrons. The van der Waals surface area contributed by atoms with Crippen molar-refractivity contribution in [1.82, 2.24) is 19.6 Å². The molecule has 102 valence electrons. The average Bonchev–Trinajstić information content (AvgIpc) is 2.94. The summed E-state index contributed by atoms with van der Waals surface area (Å²) in [6.07, 6.45) is 7.63. The zero-order valence-electron chi connectivity index (χ0n) is 10.6. The number of anilines is 1. The lowest BCUT2D eigenvalue weighted by atomic mass is 10.1. The van der Waals surface area contributed by atoms with Gasteiger partial charge in [-0.2, -0.15) is 0 Å². The molecule has 2 aromatic rings. The summed E-state index contributed by atoms with van der Waals surface area (Å²) in [4.78, 5) is 6.67. The van der Waals surface area contributed by atoms with Crippen molar-refractivity contribution in [3.63, 3.8) is 0 Å². The van der Waals surface area contributed by atoms with E-state index in [1.165, 1.54) is 0 Å². The maximum Gasteiger partial charge on any atom is 0.203 e. The predicted molar refractivity (Wildman–Crippen MR) is 72.7 cm³/mol. The first-order valence-corrected chi connectivity index (χ1v) is 6.99. The summed E-state index contributed by atoms with van der Waals surface area (Å²) in [6.45, 7) is 2.48. The molecule has 0 aromatic carbocycles. The van der Waals surface area contributed by atoms with Crippen molar-refractivity contribution in [2.24, 2.45) is 0 Å². The molecule has 0 amide bonds. The summed E-state index contributed by atoms with van der Waals surface area (Å²) in [5.74, 6) is 1.46. The molecule has 7 heteroatoms. The van der Waals surface area contributed by atoms with E-state index in [9.17, 15) is 0 Å². The number of fused-ring (bicyclic) bond motifs is 1. The van der Waals surface area contributed by atoms with Crippen LogP contribution >= 0.6 is 11.6 Å². The highest BCUT2D eigenvalue weighted by Gasteiger charge is 2.22. The van der Waals surface area contributed by atoms with Crippen molar-refractivity contribution in [3.8, 4) is 0 Å². The van der Waals surface area contributed by atoms with Gasteiger partial charge in [-0.3, -0.25) is 4.40 Å². The number of hydrogen-bond donors (Lipinski definition) is 0. The van der Waals surface area contributed by atoms with Gasteiger partial charge in [0.05, 0.1) is 12.7 Å². The van der Waals surface area contributed by atoms with E-state index in [2.05, 4.69) is 20.1 Å². The first kappa shape index (κ1) is 12.6. The Balaban J connectivity index is 1.69. The highest BCUT2D eigenvalue weighted by molar-refractivity contribution is 6.17. The maximum atomic E-state index is 5.68. The van der Waals surface area contributed by atoms with Gasteiger partial charge in [-0.25, -0.2) is 4.98 Å². The molecule has 2 aromatic heterocycles. The molecule has 0 bridgehead atoms. The second-order valence-corrected chi connectivity index (χ2v) is 4.94. The zero-order valence-corrected chi connectivity index (χ0v) is 11.3. The minimum atomic E-state index is 0.313. The van der Waals surface area contributed by atoms with Crippen LogP contribution in [0.4, 0.5) is 5.82 Å². The third kappa shape index (κ3) is 2.64. The van der Waals surface area contributed by atoms with Crippen LogP contribution in [0.1, 0.15) is 12.8 Å². The number of ether oxygens (including phenoxy) is 1. The lowest BCUT2D eigenvalue weighted by Crippen LogP contribution is -2.38. The van der Waals surface area contributed by atoms with Crippen LogP contribution in [0.3, 0.4) is 0 Å². The van der Waals surface area contributed by atoms with Crippen LogP contribution < -0.4 is 4.90 Å². The van der Waals surface area contributed by atoms with Crippen molar-refractivity contribution in [3.05, 3.63) is 18.7 Å². The summed E-state index contributed by atoms with van der Waals surface area (Å²) in [6, 6.07) is 0.